The molecule has 1 heterocycles. The van der Waals surface area contributed by atoms with Gasteiger partial charge in [0.25, 0.3) is 0 Å². The van der Waals surface area contributed by atoms with E-state index >= 15 is 0 Å². The van der Waals surface area contributed by atoms with Crippen LogP contribution in [-0.4, -0.2) is 18.2 Å². The van der Waals surface area contributed by atoms with Crippen molar-refractivity contribution < 1.29 is 9.53 Å². The van der Waals surface area contributed by atoms with E-state index in [2.05, 4.69) is 11.9 Å². The standard InChI is InChI=1S/C9H13NO2/c1-4-7(5-2)8-6(3)10-9(11)12-8/h4-6,8H,1H2,2-3H3,(H,10,11)/b7-5+. The van der Waals surface area contributed by atoms with E-state index in [9.17, 15) is 4.79 Å². The molecule has 12 heavy (non-hydrogen) atoms. The highest BCUT2D eigenvalue weighted by molar-refractivity contribution is 5.71. The zero-order valence-corrected chi connectivity index (χ0v) is 7.33. The summed E-state index contributed by atoms with van der Waals surface area (Å²) in [5.74, 6) is 0. The molecule has 1 amide bonds. The van der Waals surface area contributed by atoms with Crippen LogP contribution in [0.15, 0.2) is 24.3 Å². The monoisotopic (exact) mass is 167 g/mol. The highest BCUT2D eigenvalue weighted by Crippen LogP contribution is 2.17. The molecule has 2 atom stereocenters. The predicted molar refractivity (Wildman–Crippen MR) is 46.8 cm³/mol. The lowest BCUT2D eigenvalue weighted by Gasteiger charge is -2.12. The van der Waals surface area contributed by atoms with Crippen LogP contribution in [0, 0.1) is 0 Å². The molecule has 3 heteroatoms. The van der Waals surface area contributed by atoms with Gasteiger partial charge in [0.05, 0.1) is 6.04 Å². The van der Waals surface area contributed by atoms with E-state index in [1.54, 1.807) is 6.08 Å². The number of carbonyl (C=O) groups excluding carboxylic acids is 1. The molecule has 2 unspecified atom stereocenters. The van der Waals surface area contributed by atoms with Gasteiger partial charge in [-0.15, -0.1) is 0 Å². The van der Waals surface area contributed by atoms with Crippen molar-refractivity contribution in [3.63, 3.8) is 0 Å². The Morgan fingerprint density at radius 2 is 2.42 bits per heavy atom. The average Bonchev–Trinajstić information content (AvgIpc) is 2.34. The van der Waals surface area contributed by atoms with Gasteiger partial charge < -0.3 is 10.1 Å². The number of nitrogens with one attached hydrogen (secondary N) is 1. The van der Waals surface area contributed by atoms with Crippen LogP contribution in [0.5, 0.6) is 0 Å². The number of allylic oxidation sites excluding steroid dienone is 1. The van der Waals surface area contributed by atoms with Crippen LogP contribution in [-0.2, 0) is 4.74 Å². The molecule has 1 aliphatic rings. The fourth-order valence-electron chi connectivity index (χ4n) is 1.27. The van der Waals surface area contributed by atoms with Crippen molar-refractivity contribution in [3.05, 3.63) is 24.3 Å². The van der Waals surface area contributed by atoms with Crippen molar-refractivity contribution in [2.24, 2.45) is 0 Å². The smallest absolute Gasteiger partial charge is 0.408 e. The first-order chi connectivity index (χ1) is 5.69. The predicted octanol–water partition coefficient (Wildman–Crippen LogP) is 1.62. The van der Waals surface area contributed by atoms with Gasteiger partial charge in [-0.1, -0.05) is 18.7 Å². The molecule has 0 bridgehead atoms. The summed E-state index contributed by atoms with van der Waals surface area (Å²) in [6.07, 6.45) is 3.07. The summed E-state index contributed by atoms with van der Waals surface area (Å²) in [6, 6.07) is 0.0294. The van der Waals surface area contributed by atoms with Gasteiger partial charge in [0.15, 0.2) is 0 Å². The minimum atomic E-state index is -0.353. The van der Waals surface area contributed by atoms with Crippen molar-refractivity contribution in [1.29, 1.82) is 0 Å². The van der Waals surface area contributed by atoms with Crippen LogP contribution < -0.4 is 5.32 Å². The maximum absolute atomic E-state index is 10.8. The molecule has 1 aliphatic heterocycles. The third-order valence-corrected chi connectivity index (χ3v) is 1.93. The lowest BCUT2D eigenvalue weighted by Crippen LogP contribution is -2.28. The van der Waals surface area contributed by atoms with Crippen molar-refractivity contribution in [1.82, 2.24) is 5.32 Å². The molecule has 0 aromatic rings. The second-order valence-electron chi connectivity index (χ2n) is 2.75. The molecule has 0 aromatic heterocycles. The number of ether oxygens (including phenoxy) is 1. The second-order valence-corrected chi connectivity index (χ2v) is 2.75. The van der Waals surface area contributed by atoms with Gasteiger partial charge in [-0.2, -0.15) is 0 Å². The molecule has 1 rings (SSSR count). The molecule has 0 aromatic carbocycles. The lowest BCUT2D eigenvalue weighted by molar-refractivity contribution is 0.151. The third-order valence-electron chi connectivity index (χ3n) is 1.93. The number of alkyl carbamates (subject to hydrolysis) is 1. The first-order valence-electron chi connectivity index (χ1n) is 3.94. The van der Waals surface area contributed by atoms with Crippen LogP contribution in [0.4, 0.5) is 4.79 Å². The Bertz CT molecular complexity index is 233. The number of hydrogen-bond donors (Lipinski definition) is 1. The molecule has 3 nitrogen and oxygen atoms in total. The lowest BCUT2D eigenvalue weighted by atomic mass is 10.0. The van der Waals surface area contributed by atoms with Gasteiger partial charge in [-0.25, -0.2) is 4.79 Å². The van der Waals surface area contributed by atoms with E-state index in [1.165, 1.54) is 0 Å². The number of cyclic esters (lactones) is 1. The zero-order valence-electron chi connectivity index (χ0n) is 7.33. The summed E-state index contributed by atoms with van der Waals surface area (Å²) < 4.78 is 5.03. The Balaban J connectivity index is 2.75. The molecular weight excluding hydrogens is 154 g/mol. The normalized spacial score (nSPS) is 29.5. The molecule has 1 saturated heterocycles. The van der Waals surface area contributed by atoms with Crippen LogP contribution in [0.25, 0.3) is 0 Å². The summed E-state index contributed by atoms with van der Waals surface area (Å²) in [6.45, 7) is 7.45. The third kappa shape index (κ3) is 1.49. The van der Waals surface area contributed by atoms with Gasteiger partial charge >= 0.3 is 6.09 Å². The van der Waals surface area contributed by atoms with Crippen LogP contribution in [0.3, 0.4) is 0 Å². The van der Waals surface area contributed by atoms with Crippen molar-refractivity contribution in [2.45, 2.75) is 26.0 Å². The molecule has 0 spiro atoms. The fraction of sp³-hybridized carbons (Fsp3) is 0.444. The van der Waals surface area contributed by atoms with Gasteiger partial charge in [-0.3, -0.25) is 0 Å². The quantitative estimate of drug-likeness (QED) is 0.634. The molecule has 0 radical (unpaired) electrons. The minimum absolute atomic E-state index is 0.0294. The van der Waals surface area contributed by atoms with E-state index in [0.717, 1.165) is 5.57 Å². The Morgan fingerprint density at radius 1 is 1.75 bits per heavy atom. The van der Waals surface area contributed by atoms with Gasteiger partial charge in [0.1, 0.15) is 6.10 Å². The van der Waals surface area contributed by atoms with Crippen LogP contribution in [0.2, 0.25) is 0 Å². The molecular formula is C9H13NO2. The Hall–Kier alpha value is -1.25. The van der Waals surface area contributed by atoms with Gasteiger partial charge in [-0.05, 0) is 19.4 Å². The summed E-state index contributed by atoms with van der Waals surface area (Å²) in [4.78, 5) is 10.8. The van der Waals surface area contributed by atoms with Crippen LogP contribution >= 0.6 is 0 Å². The van der Waals surface area contributed by atoms with Crippen molar-refractivity contribution >= 4 is 6.09 Å². The number of carbonyl (C=O) groups is 1. The maximum atomic E-state index is 10.8. The van der Waals surface area contributed by atoms with Crippen molar-refractivity contribution in [2.75, 3.05) is 0 Å². The first-order valence-corrected chi connectivity index (χ1v) is 3.94. The number of hydrogen-bond acceptors (Lipinski definition) is 2. The second kappa shape index (κ2) is 3.43. The van der Waals surface area contributed by atoms with Gasteiger partial charge in [0, 0.05) is 0 Å². The Morgan fingerprint density at radius 3 is 2.75 bits per heavy atom. The van der Waals surface area contributed by atoms with E-state index in [-0.39, 0.29) is 18.2 Å². The summed E-state index contributed by atoms with van der Waals surface area (Å²) >= 11 is 0. The average molecular weight is 167 g/mol. The summed E-state index contributed by atoms with van der Waals surface area (Å²) in [5.41, 5.74) is 0.945. The molecule has 1 N–H and O–H groups in total. The topological polar surface area (TPSA) is 38.3 Å². The summed E-state index contributed by atoms with van der Waals surface area (Å²) in [7, 11) is 0. The van der Waals surface area contributed by atoms with Gasteiger partial charge in [0.2, 0.25) is 0 Å². The van der Waals surface area contributed by atoms with E-state index in [1.807, 2.05) is 19.9 Å². The maximum Gasteiger partial charge on any atom is 0.408 e. The molecule has 66 valence electrons. The van der Waals surface area contributed by atoms with Crippen molar-refractivity contribution in [3.8, 4) is 0 Å². The highest BCUT2D eigenvalue weighted by atomic mass is 16.6. The fourth-order valence-corrected chi connectivity index (χ4v) is 1.27. The van der Waals surface area contributed by atoms with E-state index in [4.69, 9.17) is 4.74 Å². The molecule has 1 fully saturated rings. The number of amides is 1. The van der Waals surface area contributed by atoms with E-state index in [0.29, 0.717) is 0 Å². The zero-order chi connectivity index (χ0) is 9.14. The van der Waals surface area contributed by atoms with E-state index < -0.39 is 0 Å². The first kappa shape index (κ1) is 8.84. The Kier molecular flexibility index (Phi) is 2.53. The SMILES string of the molecule is C=C/C(=C\C)C1OC(=O)NC1C. The number of rotatable bonds is 2. The minimum Gasteiger partial charge on any atom is -0.439 e. The largest absolute Gasteiger partial charge is 0.439 e. The van der Waals surface area contributed by atoms with Crippen LogP contribution in [0.1, 0.15) is 13.8 Å². The summed E-state index contributed by atoms with van der Waals surface area (Å²) in [5, 5.41) is 2.67. The molecule has 0 saturated carbocycles. The highest BCUT2D eigenvalue weighted by Gasteiger charge is 2.31. The molecule has 0 aliphatic carbocycles. The Labute approximate surface area is 72.1 Å².